The van der Waals surface area contributed by atoms with Crippen LogP contribution in [0.3, 0.4) is 0 Å². The smallest absolute Gasteiger partial charge is 0.242 e. The zero-order valence-electron chi connectivity index (χ0n) is 16.6. The van der Waals surface area contributed by atoms with Crippen LogP contribution in [0.2, 0.25) is 0 Å². The number of likely N-dealkylation sites (N-methyl/N-ethyl adjacent to an activating group) is 1. The monoisotopic (exact) mass is 402 g/mol. The zero-order valence-corrected chi connectivity index (χ0v) is 17.4. The van der Waals surface area contributed by atoms with E-state index in [-0.39, 0.29) is 29.9 Å². The molecule has 0 bridgehead atoms. The Morgan fingerprint density at radius 3 is 2.29 bits per heavy atom. The number of nitrogens with zero attached hydrogens (tertiary/aromatic N) is 1. The molecule has 2 aromatic rings. The molecule has 4 nitrogen and oxygen atoms in total. The summed E-state index contributed by atoms with van der Waals surface area (Å²) >= 11 is 1.52. The van der Waals surface area contributed by atoms with Crippen LogP contribution in [-0.2, 0) is 21.9 Å². The van der Waals surface area contributed by atoms with Gasteiger partial charge in [0.25, 0.3) is 0 Å². The molecule has 0 aliphatic heterocycles. The number of rotatable bonds is 9. The second kappa shape index (κ2) is 10.9. The van der Waals surface area contributed by atoms with Gasteiger partial charge in [-0.05, 0) is 44.0 Å². The highest BCUT2D eigenvalue weighted by Gasteiger charge is 2.25. The van der Waals surface area contributed by atoms with Crippen LogP contribution < -0.4 is 5.32 Å². The molecule has 6 heteroatoms. The summed E-state index contributed by atoms with van der Waals surface area (Å²) in [6, 6.07) is 13.6. The SMILES string of the molecule is CCNC(=O)[C@H](C)N(Cc1ccc(F)cc1)C(=O)CSCc1ccc(C)cc1. The van der Waals surface area contributed by atoms with Gasteiger partial charge in [0.05, 0.1) is 5.75 Å². The van der Waals surface area contributed by atoms with Crippen molar-refractivity contribution in [2.45, 2.75) is 39.1 Å². The summed E-state index contributed by atoms with van der Waals surface area (Å²) in [7, 11) is 0. The summed E-state index contributed by atoms with van der Waals surface area (Å²) in [5, 5.41) is 2.76. The molecule has 2 amide bonds. The third kappa shape index (κ3) is 6.68. The van der Waals surface area contributed by atoms with E-state index in [4.69, 9.17) is 0 Å². The van der Waals surface area contributed by atoms with Crippen LogP contribution in [-0.4, -0.2) is 35.1 Å². The van der Waals surface area contributed by atoms with Crippen LogP contribution in [0.5, 0.6) is 0 Å². The molecule has 0 saturated carbocycles. The van der Waals surface area contributed by atoms with E-state index in [9.17, 15) is 14.0 Å². The van der Waals surface area contributed by atoms with Gasteiger partial charge in [0, 0.05) is 18.8 Å². The predicted octanol–water partition coefficient (Wildman–Crippen LogP) is 3.92. The van der Waals surface area contributed by atoms with E-state index in [1.807, 2.05) is 13.8 Å². The van der Waals surface area contributed by atoms with Crippen LogP contribution in [0, 0.1) is 12.7 Å². The standard InChI is InChI=1S/C22H27FN2O2S/c1-4-24-22(27)17(3)25(13-18-9-11-20(23)12-10-18)21(26)15-28-14-19-7-5-16(2)6-8-19/h5-12,17H,4,13-15H2,1-3H3,(H,24,27)/t17-/m0/s1. The van der Waals surface area contributed by atoms with Crippen molar-refractivity contribution in [1.29, 1.82) is 0 Å². The Balaban J connectivity index is 2.03. The lowest BCUT2D eigenvalue weighted by Gasteiger charge is -2.28. The van der Waals surface area contributed by atoms with Crippen molar-refractivity contribution in [3.05, 3.63) is 71.0 Å². The Morgan fingerprint density at radius 2 is 1.68 bits per heavy atom. The fourth-order valence-corrected chi connectivity index (χ4v) is 3.59. The zero-order chi connectivity index (χ0) is 20.5. The van der Waals surface area contributed by atoms with Crippen molar-refractivity contribution < 1.29 is 14.0 Å². The molecule has 0 aromatic heterocycles. The molecule has 0 fully saturated rings. The molecular weight excluding hydrogens is 375 g/mol. The van der Waals surface area contributed by atoms with Gasteiger partial charge in [-0.25, -0.2) is 4.39 Å². The Kier molecular flexibility index (Phi) is 8.51. The van der Waals surface area contributed by atoms with Gasteiger partial charge in [0.1, 0.15) is 11.9 Å². The van der Waals surface area contributed by atoms with Gasteiger partial charge in [0.15, 0.2) is 0 Å². The molecule has 0 unspecified atom stereocenters. The molecule has 2 rings (SSSR count). The summed E-state index contributed by atoms with van der Waals surface area (Å²) in [6.07, 6.45) is 0. The van der Waals surface area contributed by atoms with Crippen molar-refractivity contribution >= 4 is 23.6 Å². The molecule has 0 saturated heterocycles. The molecule has 0 heterocycles. The van der Waals surface area contributed by atoms with E-state index in [1.54, 1.807) is 24.0 Å². The average molecular weight is 403 g/mol. The number of benzene rings is 2. The van der Waals surface area contributed by atoms with Crippen LogP contribution in [0.25, 0.3) is 0 Å². The van der Waals surface area contributed by atoms with Crippen molar-refractivity contribution in [2.24, 2.45) is 0 Å². The number of thioether (sulfide) groups is 1. The summed E-state index contributed by atoms with van der Waals surface area (Å²) < 4.78 is 13.2. The van der Waals surface area contributed by atoms with Gasteiger partial charge in [-0.3, -0.25) is 9.59 Å². The summed E-state index contributed by atoms with van der Waals surface area (Å²) in [5.41, 5.74) is 3.14. The normalized spacial score (nSPS) is 11.7. The number of nitrogens with one attached hydrogen (secondary N) is 1. The minimum atomic E-state index is -0.600. The van der Waals surface area contributed by atoms with Crippen LogP contribution in [0.1, 0.15) is 30.5 Å². The minimum absolute atomic E-state index is 0.111. The molecule has 28 heavy (non-hydrogen) atoms. The van der Waals surface area contributed by atoms with E-state index >= 15 is 0 Å². The first-order chi connectivity index (χ1) is 13.4. The fourth-order valence-electron chi connectivity index (χ4n) is 2.71. The van der Waals surface area contributed by atoms with E-state index in [1.165, 1.54) is 29.5 Å². The van der Waals surface area contributed by atoms with Crippen LogP contribution in [0.15, 0.2) is 48.5 Å². The molecular formula is C22H27FN2O2S. The highest BCUT2D eigenvalue weighted by atomic mass is 32.2. The van der Waals surface area contributed by atoms with Gasteiger partial charge in [-0.2, -0.15) is 0 Å². The number of carbonyl (C=O) groups is 2. The lowest BCUT2D eigenvalue weighted by Crippen LogP contribution is -2.48. The summed E-state index contributed by atoms with van der Waals surface area (Å²) in [5.74, 6) is 0.374. The van der Waals surface area contributed by atoms with Crippen LogP contribution >= 0.6 is 11.8 Å². The second-order valence-electron chi connectivity index (χ2n) is 6.70. The van der Waals surface area contributed by atoms with Gasteiger partial charge in [-0.15, -0.1) is 11.8 Å². The van der Waals surface area contributed by atoms with Gasteiger partial charge < -0.3 is 10.2 Å². The Morgan fingerprint density at radius 1 is 1.07 bits per heavy atom. The Hall–Kier alpha value is -2.34. The largest absolute Gasteiger partial charge is 0.355 e. The predicted molar refractivity (Wildman–Crippen MR) is 112 cm³/mol. The molecule has 0 aliphatic rings. The first-order valence-corrected chi connectivity index (χ1v) is 10.5. The Labute approximate surface area is 170 Å². The number of hydrogen-bond donors (Lipinski definition) is 1. The van der Waals surface area contributed by atoms with Gasteiger partial charge >= 0.3 is 0 Å². The highest BCUT2D eigenvalue weighted by Crippen LogP contribution is 2.16. The third-order valence-corrected chi connectivity index (χ3v) is 5.39. The number of halogens is 1. The maximum Gasteiger partial charge on any atom is 0.242 e. The lowest BCUT2D eigenvalue weighted by molar-refractivity contribution is -0.138. The van der Waals surface area contributed by atoms with Gasteiger partial charge in [-0.1, -0.05) is 42.0 Å². The summed E-state index contributed by atoms with van der Waals surface area (Å²) in [4.78, 5) is 26.7. The molecule has 0 spiro atoms. The average Bonchev–Trinajstić information content (AvgIpc) is 2.68. The van der Waals surface area contributed by atoms with Crippen molar-refractivity contribution in [1.82, 2.24) is 10.2 Å². The van der Waals surface area contributed by atoms with Crippen molar-refractivity contribution in [2.75, 3.05) is 12.3 Å². The van der Waals surface area contributed by atoms with Crippen LogP contribution in [0.4, 0.5) is 4.39 Å². The lowest BCUT2D eigenvalue weighted by atomic mass is 10.1. The van der Waals surface area contributed by atoms with E-state index in [0.717, 1.165) is 16.9 Å². The first-order valence-electron chi connectivity index (χ1n) is 9.35. The quantitative estimate of drug-likeness (QED) is 0.692. The maximum atomic E-state index is 13.2. The number of carbonyl (C=O) groups excluding carboxylic acids is 2. The number of hydrogen-bond acceptors (Lipinski definition) is 3. The molecule has 1 atom stereocenters. The third-order valence-electron chi connectivity index (χ3n) is 4.40. The van der Waals surface area contributed by atoms with E-state index in [2.05, 4.69) is 29.6 Å². The second-order valence-corrected chi connectivity index (χ2v) is 7.68. The fraction of sp³-hybridized carbons (Fsp3) is 0.364. The van der Waals surface area contributed by atoms with Crippen molar-refractivity contribution in [3.63, 3.8) is 0 Å². The Bertz CT molecular complexity index is 778. The molecule has 0 aliphatic carbocycles. The molecule has 1 N–H and O–H groups in total. The number of amides is 2. The molecule has 2 aromatic carbocycles. The van der Waals surface area contributed by atoms with E-state index < -0.39 is 6.04 Å². The highest BCUT2D eigenvalue weighted by molar-refractivity contribution is 7.99. The molecule has 150 valence electrons. The minimum Gasteiger partial charge on any atom is -0.355 e. The summed E-state index contributed by atoms with van der Waals surface area (Å²) in [6.45, 7) is 6.37. The van der Waals surface area contributed by atoms with Crippen molar-refractivity contribution in [3.8, 4) is 0 Å². The van der Waals surface area contributed by atoms with Gasteiger partial charge in [0.2, 0.25) is 11.8 Å². The molecule has 0 radical (unpaired) electrons. The number of aryl methyl sites for hydroxylation is 1. The van der Waals surface area contributed by atoms with E-state index in [0.29, 0.717) is 6.54 Å². The topological polar surface area (TPSA) is 49.4 Å². The maximum absolute atomic E-state index is 13.2. The first kappa shape index (κ1) is 22.0.